The highest BCUT2D eigenvalue weighted by Gasteiger charge is 2.77. The van der Waals surface area contributed by atoms with Crippen LogP contribution < -0.4 is 0 Å². The average molecular weight is 452 g/mol. The molecule has 0 radical (unpaired) electrons. The van der Waals surface area contributed by atoms with Crippen molar-refractivity contribution in [2.24, 2.45) is 40.9 Å². The summed E-state index contributed by atoms with van der Waals surface area (Å²) in [5.41, 5.74) is 0.882. The summed E-state index contributed by atoms with van der Waals surface area (Å²) in [6, 6.07) is 0. The Morgan fingerprint density at radius 3 is 2.80 bits per heavy atom. The number of aliphatic hydroxyl groups is 1. The fourth-order valence-corrected chi connectivity index (χ4v) is 9.05. The van der Waals surface area contributed by atoms with Gasteiger partial charge in [0.1, 0.15) is 5.60 Å². The second kappa shape index (κ2) is 5.43. The molecule has 0 bridgehead atoms. The van der Waals surface area contributed by atoms with Crippen molar-refractivity contribution in [1.29, 1.82) is 0 Å². The number of hydrogen-bond donors (Lipinski definition) is 1. The van der Waals surface area contributed by atoms with E-state index in [1.54, 1.807) is 0 Å². The van der Waals surface area contributed by atoms with E-state index < -0.39 is 5.60 Å². The lowest BCUT2D eigenvalue weighted by Crippen LogP contribution is -2.56. The summed E-state index contributed by atoms with van der Waals surface area (Å²) >= 11 is 2.31. The van der Waals surface area contributed by atoms with Crippen LogP contribution in [0.2, 0.25) is 0 Å². The molecule has 8 atom stereocenters. The molecular formula is C22H29IO2. The fourth-order valence-electron chi connectivity index (χ4n) is 8.11. The predicted molar refractivity (Wildman–Crippen MR) is 107 cm³/mol. The zero-order valence-electron chi connectivity index (χ0n) is 15.1. The number of ketones is 1. The maximum atomic E-state index is 11.9. The van der Waals surface area contributed by atoms with Crippen LogP contribution in [0, 0.1) is 40.9 Å². The van der Waals surface area contributed by atoms with E-state index in [-0.39, 0.29) is 5.41 Å². The Morgan fingerprint density at radius 2 is 2.08 bits per heavy atom. The van der Waals surface area contributed by atoms with Gasteiger partial charge in [-0.1, -0.05) is 19.1 Å². The van der Waals surface area contributed by atoms with Gasteiger partial charge in [0.2, 0.25) is 0 Å². The molecule has 1 N–H and O–H groups in total. The second-order valence-corrected chi connectivity index (χ2v) is 10.8. The van der Waals surface area contributed by atoms with Crippen molar-refractivity contribution in [2.45, 2.75) is 63.9 Å². The second-order valence-electron chi connectivity index (χ2n) is 9.45. The van der Waals surface area contributed by atoms with E-state index in [4.69, 9.17) is 0 Å². The summed E-state index contributed by atoms with van der Waals surface area (Å²) in [4.78, 5) is 11.9. The van der Waals surface area contributed by atoms with Crippen molar-refractivity contribution in [3.05, 3.63) is 21.8 Å². The van der Waals surface area contributed by atoms with Gasteiger partial charge in [-0.05, 0) is 109 Å². The molecule has 5 aliphatic rings. The molecule has 136 valence electrons. The van der Waals surface area contributed by atoms with Gasteiger partial charge in [-0.15, -0.1) is 0 Å². The summed E-state index contributed by atoms with van der Waals surface area (Å²) < 4.78 is 0.986. The van der Waals surface area contributed by atoms with Crippen LogP contribution in [-0.2, 0) is 4.79 Å². The van der Waals surface area contributed by atoms with Crippen LogP contribution in [-0.4, -0.2) is 16.5 Å². The predicted octanol–water partition coefficient (Wildman–Crippen LogP) is 5.05. The first-order valence-corrected chi connectivity index (χ1v) is 11.3. The van der Waals surface area contributed by atoms with Gasteiger partial charge in [0.25, 0.3) is 0 Å². The number of carbonyl (C=O) groups is 1. The fraction of sp³-hybridized carbons (Fsp3) is 0.773. The SMILES string of the molecule is C=C(I)[C@]1(O)[C@H]2C[C@H]2[C@H]2[C@@H]3CCC4=CC(=O)CC[C@@H]4[C@H]3CC[C@@]21CC. The smallest absolute Gasteiger partial charge is 0.155 e. The summed E-state index contributed by atoms with van der Waals surface area (Å²) in [5.74, 6) is 4.37. The van der Waals surface area contributed by atoms with E-state index in [1.165, 1.54) is 24.8 Å². The Balaban J connectivity index is 1.54. The molecule has 0 aromatic heterocycles. The topological polar surface area (TPSA) is 37.3 Å². The highest BCUT2D eigenvalue weighted by atomic mass is 127. The Kier molecular flexibility index (Phi) is 3.69. The van der Waals surface area contributed by atoms with E-state index in [1.807, 2.05) is 6.08 Å². The largest absolute Gasteiger partial charge is 0.384 e. The highest BCUT2D eigenvalue weighted by Crippen LogP contribution is 2.78. The Morgan fingerprint density at radius 1 is 1.28 bits per heavy atom. The van der Waals surface area contributed by atoms with Crippen LogP contribution in [0.5, 0.6) is 0 Å². The van der Waals surface area contributed by atoms with Gasteiger partial charge < -0.3 is 5.11 Å². The van der Waals surface area contributed by atoms with Crippen LogP contribution in [0.4, 0.5) is 0 Å². The van der Waals surface area contributed by atoms with Gasteiger partial charge in [-0.25, -0.2) is 0 Å². The Bertz CT molecular complexity index is 682. The molecule has 0 amide bonds. The minimum Gasteiger partial charge on any atom is -0.384 e. The normalized spacial score (nSPS) is 53.2. The first-order chi connectivity index (χ1) is 11.9. The van der Waals surface area contributed by atoms with Gasteiger partial charge in [0, 0.05) is 15.4 Å². The van der Waals surface area contributed by atoms with Crippen molar-refractivity contribution in [3.63, 3.8) is 0 Å². The Labute approximate surface area is 164 Å². The number of halogens is 1. The molecule has 0 aliphatic heterocycles. The quantitative estimate of drug-likeness (QED) is 0.596. The van der Waals surface area contributed by atoms with E-state index in [9.17, 15) is 9.90 Å². The number of hydrogen-bond acceptors (Lipinski definition) is 2. The molecule has 2 nitrogen and oxygen atoms in total. The first-order valence-electron chi connectivity index (χ1n) is 10.2. The third-order valence-corrected chi connectivity index (χ3v) is 9.84. The first kappa shape index (κ1) is 17.0. The van der Waals surface area contributed by atoms with Crippen LogP contribution >= 0.6 is 22.6 Å². The molecule has 5 aliphatic carbocycles. The summed E-state index contributed by atoms with van der Waals surface area (Å²) in [6.07, 6.45) is 10.8. The molecule has 0 spiro atoms. The molecule has 5 rings (SSSR count). The third-order valence-electron chi connectivity index (χ3n) is 9.02. The van der Waals surface area contributed by atoms with Crippen molar-refractivity contribution in [3.8, 4) is 0 Å². The maximum absolute atomic E-state index is 11.9. The van der Waals surface area contributed by atoms with Gasteiger partial charge in [-0.2, -0.15) is 0 Å². The molecule has 4 fully saturated rings. The van der Waals surface area contributed by atoms with Crippen molar-refractivity contribution < 1.29 is 9.90 Å². The zero-order valence-corrected chi connectivity index (χ0v) is 17.3. The number of allylic oxidation sites excluding steroid dienone is 1. The van der Waals surface area contributed by atoms with Crippen LogP contribution in [0.1, 0.15) is 58.3 Å². The van der Waals surface area contributed by atoms with Crippen LogP contribution in [0.3, 0.4) is 0 Å². The molecule has 0 aromatic carbocycles. The lowest BCUT2D eigenvalue weighted by atomic mass is 9.48. The molecule has 3 heteroatoms. The van der Waals surface area contributed by atoms with Crippen molar-refractivity contribution in [2.75, 3.05) is 0 Å². The standard InChI is InChI=1S/C22H29IO2/c1-3-21-9-8-16-15-7-5-14(24)10-13(15)4-6-17(16)20(21)18-11-19(18)22(21,25)12(2)23/h10,15-20,25H,2-9,11H2,1H3/t15-,16+,17+,18+,19-,20+,21-,22-/m0/s1. The number of carbonyl (C=O) groups excluding carboxylic acids is 1. The lowest BCUT2D eigenvalue weighted by Gasteiger charge is -2.58. The average Bonchev–Trinajstić information content (AvgIpc) is 3.35. The number of fused-ring (bicyclic) bond motifs is 7. The Hall–Kier alpha value is -0.160. The summed E-state index contributed by atoms with van der Waals surface area (Å²) in [7, 11) is 0. The lowest BCUT2D eigenvalue weighted by molar-refractivity contribution is -0.128. The summed E-state index contributed by atoms with van der Waals surface area (Å²) in [6.45, 7) is 6.54. The molecule has 0 heterocycles. The van der Waals surface area contributed by atoms with Gasteiger partial charge in [0.15, 0.2) is 5.78 Å². The molecule has 4 saturated carbocycles. The van der Waals surface area contributed by atoms with Crippen molar-refractivity contribution >= 4 is 28.4 Å². The van der Waals surface area contributed by atoms with Gasteiger partial charge in [-0.3, -0.25) is 4.79 Å². The molecule has 0 saturated heterocycles. The molecule has 0 unspecified atom stereocenters. The third kappa shape index (κ3) is 1.98. The molecular weight excluding hydrogens is 423 g/mol. The van der Waals surface area contributed by atoms with Crippen LogP contribution in [0.25, 0.3) is 0 Å². The van der Waals surface area contributed by atoms with E-state index in [2.05, 4.69) is 36.1 Å². The molecule has 25 heavy (non-hydrogen) atoms. The van der Waals surface area contributed by atoms with Gasteiger partial charge in [0.05, 0.1) is 0 Å². The van der Waals surface area contributed by atoms with E-state index in [0.717, 1.165) is 53.4 Å². The number of rotatable bonds is 2. The van der Waals surface area contributed by atoms with E-state index >= 15 is 0 Å². The zero-order chi connectivity index (χ0) is 17.6. The summed E-state index contributed by atoms with van der Waals surface area (Å²) in [5, 5.41) is 11.8. The molecule has 0 aromatic rings. The monoisotopic (exact) mass is 452 g/mol. The highest BCUT2D eigenvalue weighted by molar-refractivity contribution is 14.1. The van der Waals surface area contributed by atoms with Crippen LogP contribution in [0.15, 0.2) is 21.8 Å². The minimum atomic E-state index is -0.638. The maximum Gasteiger partial charge on any atom is 0.155 e. The van der Waals surface area contributed by atoms with Crippen molar-refractivity contribution in [1.82, 2.24) is 0 Å². The minimum absolute atomic E-state index is 0.0612. The van der Waals surface area contributed by atoms with Gasteiger partial charge >= 0.3 is 0 Å². The van der Waals surface area contributed by atoms with E-state index in [0.29, 0.717) is 23.5 Å².